The highest BCUT2D eigenvalue weighted by molar-refractivity contribution is 6.47. The van der Waals surface area contributed by atoms with Gasteiger partial charge in [0.05, 0.1) is 33.3 Å². The summed E-state index contributed by atoms with van der Waals surface area (Å²) in [4.78, 5) is 3.10. The molecule has 0 amide bonds. The third kappa shape index (κ3) is 2.96. The predicted molar refractivity (Wildman–Crippen MR) is 81.6 cm³/mol. The molecule has 116 valence electrons. The Morgan fingerprint density at radius 1 is 1.04 bits per heavy atom. The van der Waals surface area contributed by atoms with Gasteiger partial charge in [-0.25, -0.2) is 18.0 Å². The smallest absolute Gasteiger partial charge is 0.226 e. The molecule has 23 heavy (non-hydrogen) atoms. The summed E-state index contributed by atoms with van der Waals surface area (Å²) in [6.07, 6.45) is -0.345. The van der Waals surface area contributed by atoms with Crippen molar-refractivity contribution in [1.82, 2.24) is 0 Å². The van der Waals surface area contributed by atoms with Crippen molar-refractivity contribution in [1.29, 1.82) is 5.26 Å². The van der Waals surface area contributed by atoms with Crippen LogP contribution in [0.2, 0.25) is 15.1 Å². The van der Waals surface area contributed by atoms with Gasteiger partial charge in [0.25, 0.3) is 0 Å². The Bertz CT molecular complexity index is 899. The Hall–Kier alpha value is -1.92. The molecule has 0 unspecified atom stereocenters. The van der Waals surface area contributed by atoms with Crippen LogP contribution in [-0.4, -0.2) is 0 Å². The van der Waals surface area contributed by atoms with Crippen molar-refractivity contribution in [3.63, 3.8) is 0 Å². The van der Waals surface area contributed by atoms with Crippen molar-refractivity contribution in [3.05, 3.63) is 72.8 Å². The minimum Gasteiger partial charge on any atom is -0.235 e. The van der Waals surface area contributed by atoms with Crippen LogP contribution in [-0.2, 0) is 6.42 Å². The molecule has 0 aliphatic carbocycles. The summed E-state index contributed by atoms with van der Waals surface area (Å²) in [6, 6.07) is 3.54. The zero-order valence-corrected chi connectivity index (χ0v) is 13.3. The fourth-order valence-corrected chi connectivity index (χ4v) is 2.81. The van der Waals surface area contributed by atoms with Crippen molar-refractivity contribution < 1.29 is 13.2 Å². The summed E-state index contributed by atoms with van der Waals surface area (Å²) >= 11 is 17.9. The Balaban J connectivity index is 2.69. The molecule has 0 N–H and O–H groups in total. The summed E-state index contributed by atoms with van der Waals surface area (Å²) in [5.41, 5.74) is -0.577. The molecule has 0 radical (unpaired) electrons. The quantitative estimate of drug-likeness (QED) is 0.355. The molecule has 0 heterocycles. The summed E-state index contributed by atoms with van der Waals surface area (Å²) in [5.74, 6) is -4.36. The van der Waals surface area contributed by atoms with Crippen LogP contribution in [0.5, 0.6) is 0 Å². The minimum absolute atomic E-state index is 0.0291. The second kappa shape index (κ2) is 6.68. The number of halogens is 6. The van der Waals surface area contributed by atoms with Gasteiger partial charge in [0, 0.05) is 6.42 Å². The highest BCUT2D eigenvalue weighted by Gasteiger charge is 2.23. The van der Waals surface area contributed by atoms with Gasteiger partial charge in [-0.1, -0.05) is 40.9 Å². The third-order valence-corrected chi connectivity index (χ3v) is 4.35. The SMILES string of the molecule is [C-]#[N+]c1c(Cl)c(Cl)c(Cc2ccc(F)c(F)c2F)c(C#N)c1Cl. The van der Waals surface area contributed by atoms with E-state index in [1.165, 1.54) is 0 Å². The maximum Gasteiger partial charge on any atom is 0.226 e. The first-order chi connectivity index (χ1) is 10.8. The average Bonchev–Trinajstić information content (AvgIpc) is 2.53. The van der Waals surface area contributed by atoms with Crippen molar-refractivity contribution in [2.45, 2.75) is 6.42 Å². The van der Waals surface area contributed by atoms with Gasteiger partial charge in [-0.2, -0.15) is 5.26 Å². The van der Waals surface area contributed by atoms with Gasteiger partial charge in [-0.15, -0.1) is 0 Å². The summed E-state index contributed by atoms with van der Waals surface area (Å²) in [6.45, 7) is 7.01. The first-order valence-electron chi connectivity index (χ1n) is 5.92. The Morgan fingerprint density at radius 2 is 1.70 bits per heavy atom. The molecule has 0 spiro atoms. The lowest BCUT2D eigenvalue weighted by molar-refractivity contribution is 0.442. The molecule has 0 aromatic heterocycles. The van der Waals surface area contributed by atoms with Crippen LogP contribution in [0.3, 0.4) is 0 Å². The third-order valence-electron chi connectivity index (χ3n) is 3.10. The molecular weight excluding hydrogens is 372 g/mol. The molecule has 2 nitrogen and oxygen atoms in total. The van der Waals surface area contributed by atoms with Crippen LogP contribution < -0.4 is 0 Å². The summed E-state index contributed by atoms with van der Waals surface area (Å²) in [5, 5.41) is 8.63. The monoisotopic (exact) mass is 374 g/mol. The minimum atomic E-state index is -1.63. The zero-order valence-electron chi connectivity index (χ0n) is 11.0. The fourth-order valence-electron chi connectivity index (χ4n) is 1.97. The summed E-state index contributed by atoms with van der Waals surface area (Å²) in [7, 11) is 0. The van der Waals surface area contributed by atoms with Crippen LogP contribution in [0, 0.1) is 35.4 Å². The number of hydrogen-bond acceptors (Lipinski definition) is 1. The van der Waals surface area contributed by atoms with Gasteiger partial charge >= 0.3 is 0 Å². The second-order valence-corrected chi connectivity index (χ2v) is 5.51. The molecule has 0 atom stereocenters. The molecule has 2 aromatic carbocycles. The molecular formula is C15H4Cl3F3N2. The van der Waals surface area contributed by atoms with Crippen LogP contribution in [0.15, 0.2) is 12.1 Å². The van der Waals surface area contributed by atoms with Gasteiger partial charge in [0.1, 0.15) is 0 Å². The van der Waals surface area contributed by atoms with Gasteiger partial charge < -0.3 is 0 Å². The molecule has 0 bridgehead atoms. The van der Waals surface area contributed by atoms with Gasteiger partial charge in [-0.05, 0) is 17.2 Å². The maximum absolute atomic E-state index is 13.8. The van der Waals surface area contributed by atoms with E-state index in [-0.39, 0.29) is 43.9 Å². The lowest BCUT2D eigenvalue weighted by Gasteiger charge is -2.13. The predicted octanol–water partition coefficient (Wildman–Crippen LogP) is 6.08. The summed E-state index contributed by atoms with van der Waals surface area (Å²) < 4.78 is 40.1. The molecule has 0 aliphatic heterocycles. The molecule has 8 heteroatoms. The first-order valence-corrected chi connectivity index (χ1v) is 7.06. The number of hydrogen-bond donors (Lipinski definition) is 0. The van der Waals surface area contributed by atoms with E-state index in [1.807, 2.05) is 0 Å². The van der Waals surface area contributed by atoms with E-state index in [1.54, 1.807) is 6.07 Å². The van der Waals surface area contributed by atoms with Crippen LogP contribution >= 0.6 is 34.8 Å². The Kier molecular flexibility index (Phi) is 5.06. The maximum atomic E-state index is 13.8. The lowest BCUT2D eigenvalue weighted by Crippen LogP contribution is -2.02. The molecule has 0 fully saturated rings. The van der Waals surface area contributed by atoms with E-state index in [2.05, 4.69) is 4.85 Å². The van der Waals surface area contributed by atoms with Crippen molar-refractivity contribution >= 4 is 40.5 Å². The lowest BCUT2D eigenvalue weighted by atomic mass is 9.98. The molecule has 2 aromatic rings. The van der Waals surface area contributed by atoms with Gasteiger partial charge in [0.15, 0.2) is 17.5 Å². The van der Waals surface area contributed by atoms with E-state index < -0.39 is 17.5 Å². The van der Waals surface area contributed by atoms with Crippen LogP contribution in [0.25, 0.3) is 4.85 Å². The average molecular weight is 376 g/mol. The molecule has 0 aliphatic rings. The molecule has 2 rings (SSSR count). The number of benzene rings is 2. The van der Waals surface area contributed by atoms with E-state index in [9.17, 15) is 18.4 Å². The van der Waals surface area contributed by atoms with Gasteiger partial charge in [-0.3, -0.25) is 0 Å². The van der Waals surface area contributed by atoms with E-state index in [0.29, 0.717) is 0 Å². The van der Waals surface area contributed by atoms with E-state index in [4.69, 9.17) is 41.4 Å². The first kappa shape index (κ1) is 17.4. The normalized spacial score (nSPS) is 10.3. The van der Waals surface area contributed by atoms with Crippen molar-refractivity contribution in [2.24, 2.45) is 0 Å². The van der Waals surface area contributed by atoms with Gasteiger partial charge in [0.2, 0.25) is 5.69 Å². The molecule has 0 saturated heterocycles. The van der Waals surface area contributed by atoms with Crippen molar-refractivity contribution in [3.8, 4) is 6.07 Å². The Labute approximate surface area is 144 Å². The molecule has 0 saturated carbocycles. The standard InChI is InChI=1S/C15H4Cl3F3N2/c1-23-15-11(17)8(5-22)7(10(16)12(15)18)4-6-2-3-9(19)14(21)13(6)20/h2-3H,4H2. The zero-order chi connectivity index (χ0) is 17.3. The van der Waals surface area contributed by atoms with E-state index in [0.717, 1.165) is 12.1 Å². The fraction of sp³-hybridized carbons (Fsp3) is 0.0667. The van der Waals surface area contributed by atoms with Crippen molar-refractivity contribution in [2.75, 3.05) is 0 Å². The topological polar surface area (TPSA) is 28.1 Å². The number of rotatable bonds is 2. The highest BCUT2D eigenvalue weighted by Crippen LogP contribution is 2.44. The number of nitrogens with zero attached hydrogens (tertiary/aromatic N) is 2. The highest BCUT2D eigenvalue weighted by atomic mass is 35.5. The van der Waals surface area contributed by atoms with Crippen LogP contribution in [0.4, 0.5) is 18.9 Å². The van der Waals surface area contributed by atoms with Crippen LogP contribution in [0.1, 0.15) is 16.7 Å². The number of nitriles is 1. The largest absolute Gasteiger partial charge is 0.235 e. The Morgan fingerprint density at radius 3 is 2.26 bits per heavy atom. The second-order valence-electron chi connectivity index (χ2n) is 4.38. The van der Waals surface area contributed by atoms with E-state index >= 15 is 0 Å².